The Morgan fingerprint density at radius 2 is 1.77 bits per heavy atom. The largest absolute Gasteiger partial charge is 0.441 e. The van der Waals surface area contributed by atoms with Crippen LogP contribution in [0.3, 0.4) is 0 Å². The number of amides is 1. The van der Waals surface area contributed by atoms with Gasteiger partial charge in [-0.2, -0.15) is 0 Å². The second kappa shape index (κ2) is 9.73. The number of oxazole rings is 1. The molecule has 4 rings (SSSR count). The van der Waals surface area contributed by atoms with Crippen molar-refractivity contribution in [2.24, 2.45) is 5.92 Å². The van der Waals surface area contributed by atoms with Crippen molar-refractivity contribution in [3.05, 3.63) is 71.1 Å². The van der Waals surface area contributed by atoms with Crippen LogP contribution >= 0.6 is 11.8 Å². The fourth-order valence-corrected chi connectivity index (χ4v) is 4.92. The van der Waals surface area contributed by atoms with Gasteiger partial charge in [-0.3, -0.25) is 4.79 Å². The lowest BCUT2D eigenvalue weighted by Crippen LogP contribution is -2.41. The quantitative estimate of drug-likeness (QED) is 0.446. The molecule has 4 nitrogen and oxygen atoms in total. The summed E-state index contributed by atoms with van der Waals surface area (Å²) in [5.74, 6) is 2.75. The summed E-state index contributed by atoms with van der Waals surface area (Å²) in [5, 5.41) is 3.21. The Hall–Kier alpha value is -2.53. The number of thioether (sulfide) groups is 1. The maximum atomic E-state index is 12.7. The standard InChI is InChI=1S/C26H30N2O2S/c1-17-8-14-22(15-9-17)31-16-24-19(3)30-26(28-24)21-12-10-20(11-13-21)25(29)27-23-7-5-4-6-18(23)2/h8-15,18,23H,4-7,16H2,1-3H3,(H,27,29)/t18-,23-/m0/s1. The van der Waals surface area contributed by atoms with E-state index in [4.69, 9.17) is 9.40 Å². The lowest BCUT2D eigenvalue weighted by molar-refractivity contribution is 0.0910. The molecule has 0 aliphatic heterocycles. The van der Waals surface area contributed by atoms with Crippen LogP contribution in [0.15, 0.2) is 57.8 Å². The highest BCUT2D eigenvalue weighted by atomic mass is 32.2. The Balaban J connectivity index is 1.40. The van der Waals surface area contributed by atoms with Crippen molar-refractivity contribution in [3.8, 4) is 11.5 Å². The average Bonchev–Trinajstić information content (AvgIpc) is 3.15. The van der Waals surface area contributed by atoms with Crippen molar-refractivity contribution < 1.29 is 9.21 Å². The fourth-order valence-electron chi connectivity index (χ4n) is 4.02. The van der Waals surface area contributed by atoms with Gasteiger partial charge in [0, 0.05) is 27.8 Å². The highest BCUT2D eigenvalue weighted by molar-refractivity contribution is 7.98. The second-order valence-electron chi connectivity index (χ2n) is 8.54. The van der Waals surface area contributed by atoms with Crippen molar-refractivity contribution in [2.75, 3.05) is 0 Å². The highest BCUT2D eigenvalue weighted by Gasteiger charge is 2.23. The SMILES string of the molecule is Cc1ccc(SCc2nc(-c3ccc(C(=O)N[C@H]4CCCC[C@@H]4C)cc3)oc2C)cc1. The first-order valence-corrected chi connectivity index (χ1v) is 12.1. The van der Waals surface area contributed by atoms with E-state index in [-0.39, 0.29) is 11.9 Å². The number of nitrogens with one attached hydrogen (secondary N) is 1. The molecule has 0 spiro atoms. The lowest BCUT2D eigenvalue weighted by Gasteiger charge is -2.29. The van der Waals surface area contributed by atoms with Crippen LogP contribution in [0.5, 0.6) is 0 Å². The number of aryl methyl sites for hydroxylation is 2. The van der Waals surface area contributed by atoms with Gasteiger partial charge < -0.3 is 9.73 Å². The van der Waals surface area contributed by atoms with Crippen molar-refractivity contribution in [1.29, 1.82) is 0 Å². The van der Waals surface area contributed by atoms with Crippen LogP contribution in [0.4, 0.5) is 0 Å². The first kappa shape index (κ1) is 21.7. The molecule has 5 heteroatoms. The molecule has 2 aromatic carbocycles. The minimum Gasteiger partial charge on any atom is -0.441 e. The highest BCUT2D eigenvalue weighted by Crippen LogP contribution is 2.28. The Morgan fingerprint density at radius 3 is 2.48 bits per heavy atom. The predicted octanol–water partition coefficient (Wildman–Crippen LogP) is 6.56. The number of benzene rings is 2. The molecular weight excluding hydrogens is 404 g/mol. The van der Waals surface area contributed by atoms with Crippen molar-refractivity contribution in [1.82, 2.24) is 10.3 Å². The summed E-state index contributed by atoms with van der Waals surface area (Å²) in [4.78, 5) is 18.6. The average molecular weight is 435 g/mol. The van der Waals surface area contributed by atoms with Gasteiger partial charge in [0.25, 0.3) is 5.91 Å². The van der Waals surface area contributed by atoms with Gasteiger partial charge >= 0.3 is 0 Å². The summed E-state index contributed by atoms with van der Waals surface area (Å²) in [6.45, 7) is 6.27. The van der Waals surface area contributed by atoms with E-state index in [1.807, 2.05) is 31.2 Å². The topological polar surface area (TPSA) is 55.1 Å². The summed E-state index contributed by atoms with van der Waals surface area (Å²) >= 11 is 1.75. The zero-order chi connectivity index (χ0) is 21.8. The summed E-state index contributed by atoms with van der Waals surface area (Å²) in [5.41, 5.74) is 3.78. The van der Waals surface area contributed by atoms with Crippen LogP contribution in [-0.2, 0) is 5.75 Å². The van der Waals surface area contributed by atoms with Crippen LogP contribution in [0.25, 0.3) is 11.5 Å². The van der Waals surface area contributed by atoms with Gasteiger partial charge in [-0.1, -0.05) is 37.5 Å². The third-order valence-corrected chi connectivity index (χ3v) is 7.13. The van der Waals surface area contributed by atoms with E-state index < -0.39 is 0 Å². The van der Waals surface area contributed by atoms with E-state index in [0.29, 0.717) is 17.4 Å². The molecule has 1 aliphatic carbocycles. The van der Waals surface area contributed by atoms with E-state index in [9.17, 15) is 4.79 Å². The molecule has 2 atom stereocenters. The van der Waals surface area contributed by atoms with Crippen molar-refractivity contribution in [3.63, 3.8) is 0 Å². The maximum Gasteiger partial charge on any atom is 0.251 e. The van der Waals surface area contributed by atoms with Crippen molar-refractivity contribution >= 4 is 17.7 Å². The van der Waals surface area contributed by atoms with Gasteiger partial charge in [0.2, 0.25) is 5.89 Å². The van der Waals surface area contributed by atoms with Gasteiger partial charge in [-0.25, -0.2) is 4.98 Å². The van der Waals surface area contributed by atoms with E-state index in [1.54, 1.807) is 11.8 Å². The lowest BCUT2D eigenvalue weighted by atomic mass is 9.86. The molecule has 0 radical (unpaired) electrons. The molecule has 1 N–H and O–H groups in total. The van der Waals surface area contributed by atoms with Crippen LogP contribution in [-0.4, -0.2) is 16.9 Å². The Labute approximate surface area is 188 Å². The molecule has 0 bridgehead atoms. The summed E-state index contributed by atoms with van der Waals surface area (Å²) in [6, 6.07) is 16.3. The fraction of sp³-hybridized carbons (Fsp3) is 0.385. The minimum atomic E-state index is 0.00377. The van der Waals surface area contributed by atoms with Crippen LogP contribution in [0.1, 0.15) is 60.0 Å². The van der Waals surface area contributed by atoms with Gasteiger partial charge in [0.05, 0.1) is 5.69 Å². The Bertz CT molecular complexity index is 1020. The molecule has 31 heavy (non-hydrogen) atoms. The Kier molecular flexibility index (Phi) is 6.81. The molecule has 0 unspecified atom stereocenters. The van der Waals surface area contributed by atoms with Gasteiger partial charge in [0.15, 0.2) is 0 Å². The third kappa shape index (κ3) is 5.40. The predicted molar refractivity (Wildman–Crippen MR) is 126 cm³/mol. The molecule has 1 saturated carbocycles. The maximum absolute atomic E-state index is 12.7. The second-order valence-corrected chi connectivity index (χ2v) is 9.59. The first-order chi connectivity index (χ1) is 15.0. The minimum absolute atomic E-state index is 0.00377. The van der Waals surface area contributed by atoms with Crippen molar-refractivity contribution in [2.45, 2.75) is 63.1 Å². The summed E-state index contributed by atoms with van der Waals surface area (Å²) in [7, 11) is 0. The van der Waals surface area contributed by atoms with E-state index in [0.717, 1.165) is 29.2 Å². The Morgan fingerprint density at radius 1 is 1.06 bits per heavy atom. The smallest absolute Gasteiger partial charge is 0.251 e. The molecular formula is C26H30N2O2S. The monoisotopic (exact) mass is 434 g/mol. The molecule has 162 valence electrons. The van der Waals surface area contributed by atoms with Crippen LogP contribution in [0.2, 0.25) is 0 Å². The third-order valence-electron chi connectivity index (χ3n) is 6.11. The summed E-state index contributed by atoms with van der Waals surface area (Å²) < 4.78 is 5.92. The first-order valence-electron chi connectivity index (χ1n) is 11.1. The van der Waals surface area contributed by atoms with Crippen LogP contribution < -0.4 is 5.32 Å². The number of nitrogens with zero attached hydrogens (tertiary/aromatic N) is 1. The van der Waals surface area contributed by atoms with E-state index >= 15 is 0 Å². The number of rotatable bonds is 6. The molecule has 1 heterocycles. The number of carbonyl (C=O) groups is 1. The molecule has 0 saturated heterocycles. The molecule has 3 aromatic rings. The van der Waals surface area contributed by atoms with Crippen LogP contribution in [0, 0.1) is 19.8 Å². The zero-order valence-electron chi connectivity index (χ0n) is 18.5. The summed E-state index contributed by atoms with van der Waals surface area (Å²) in [6.07, 6.45) is 4.73. The molecule has 1 fully saturated rings. The zero-order valence-corrected chi connectivity index (χ0v) is 19.3. The number of hydrogen-bond donors (Lipinski definition) is 1. The number of hydrogen-bond acceptors (Lipinski definition) is 4. The number of aromatic nitrogens is 1. The molecule has 1 aromatic heterocycles. The van der Waals surface area contributed by atoms with Gasteiger partial charge in [0.1, 0.15) is 5.76 Å². The number of carbonyl (C=O) groups excluding carboxylic acids is 1. The van der Waals surface area contributed by atoms with E-state index in [1.165, 1.54) is 29.7 Å². The normalized spacial score (nSPS) is 18.7. The van der Waals surface area contributed by atoms with Gasteiger partial charge in [-0.05, 0) is 69.0 Å². The molecule has 1 aliphatic rings. The molecule has 1 amide bonds. The van der Waals surface area contributed by atoms with Gasteiger partial charge in [-0.15, -0.1) is 11.8 Å². The van der Waals surface area contributed by atoms with E-state index in [2.05, 4.69) is 43.4 Å².